The Kier molecular flexibility index (Phi) is 5.28. The van der Waals surface area contributed by atoms with Gasteiger partial charge in [0.2, 0.25) is 5.91 Å². The molecule has 1 heterocycles. The summed E-state index contributed by atoms with van der Waals surface area (Å²) >= 11 is 0. The Morgan fingerprint density at radius 1 is 1.11 bits per heavy atom. The maximum atomic E-state index is 13.1. The van der Waals surface area contributed by atoms with E-state index in [0.29, 0.717) is 18.4 Å². The number of benzene rings is 2. The number of aromatic amines is 1. The highest BCUT2D eigenvalue weighted by atomic mass is 16.2. The molecule has 0 bridgehead atoms. The van der Waals surface area contributed by atoms with Crippen molar-refractivity contribution in [2.24, 2.45) is 0 Å². The van der Waals surface area contributed by atoms with Gasteiger partial charge >= 0.3 is 0 Å². The first-order valence-corrected chi connectivity index (χ1v) is 10.2. The molecule has 3 nitrogen and oxygen atoms in total. The molecule has 0 saturated carbocycles. The normalized spacial score (nSPS) is 16.3. The van der Waals surface area contributed by atoms with Gasteiger partial charge in [-0.2, -0.15) is 0 Å². The van der Waals surface area contributed by atoms with Crippen molar-refractivity contribution >= 4 is 16.8 Å². The second-order valence-electron chi connectivity index (χ2n) is 7.61. The molecule has 1 atom stereocenters. The summed E-state index contributed by atoms with van der Waals surface area (Å²) in [6, 6.07) is 17.4. The number of fused-ring (bicyclic) bond motifs is 2. The number of hydrogen-bond donors (Lipinski definition) is 1. The highest BCUT2D eigenvalue weighted by Gasteiger charge is 2.26. The highest BCUT2D eigenvalue weighted by molar-refractivity contribution is 5.84. The van der Waals surface area contributed by atoms with Crippen LogP contribution in [0.4, 0.5) is 0 Å². The van der Waals surface area contributed by atoms with E-state index in [1.165, 1.54) is 22.1 Å². The molecule has 4 rings (SSSR count). The fourth-order valence-corrected chi connectivity index (χ4v) is 4.42. The first kappa shape index (κ1) is 17.8. The fourth-order valence-electron chi connectivity index (χ4n) is 4.42. The van der Waals surface area contributed by atoms with Crippen molar-refractivity contribution in [1.82, 2.24) is 9.88 Å². The average Bonchev–Trinajstić information content (AvgIpc) is 3.13. The smallest absolute Gasteiger partial charge is 0.223 e. The second kappa shape index (κ2) is 7.99. The van der Waals surface area contributed by atoms with Crippen molar-refractivity contribution in [3.63, 3.8) is 0 Å². The van der Waals surface area contributed by atoms with Crippen LogP contribution in [0.2, 0.25) is 0 Å². The van der Waals surface area contributed by atoms with Gasteiger partial charge in [0.05, 0.1) is 0 Å². The molecule has 1 amide bonds. The Morgan fingerprint density at radius 3 is 2.74 bits per heavy atom. The molecule has 1 aromatic heterocycles. The monoisotopic (exact) mass is 360 g/mol. The SMILES string of the molecule is CCCN(C(=O)CCc1c[nH]c2ccccc12)[C@@H]1CCc2ccccc2C1. The third-order valence-corrected chi connectivity index (χ3v) is 5.83. The molecule has 1 N–H and O–H groups in total. The molecule has 140 valence electrons. The van der Waals surface area contributed by atoms with Crippen molar-refractivity contribution < 1.29 is 4.79 Å². The van der Waals surface area contributed by atoms with Crippen molar-refractivity contribution in [1.29, 1.82) is 0 Å². The zero-order chi connectivity index (χ0) is 18.6. The largest absolute Gasteiger partial charge is 0.361 e. The van der Waals surface area contributed by atoms with Crippen molar-refractivity contribution in [3.8, 4) is 0 Å². The van der Waals surface area contributed by atoms with Crippen LogP contribution in [-0.2, 0) is 24.1 Å². The van der Waals surface area contributed by atoms with Crippen LogP contribution < -0.4 is 0 Å². The van der Waals surface area contributed by atoms with Crippen molar-refractivity contribution in [2.75, 3.05) is 6.54 Å². The van der Waals surface area contributed by atoms with Crippen molar-refractivity contribution in [3.05, 3.63) is 71.4 Å². The van der Waals surface area contributed by atoms with E-state index in [9.17, 15) is 4.79 Å². The van der Waals surface area contributed by atoms with E-state index in [1.54, 1.807) is 0 Å². The Bertz CT molecular complexity index is 927. The summed E-state index contributed by atoms with van der Waals surface area (Å²) in [4.78, 5) is 18.6. The highest BCUT2D eigenvalue weighted by Crippen LogP contribution is 2.26. The zero-order valence-corrected chi connectivity index (χ0v) is 16.1. The summed E-state index contributed by atoms with van der Waals surface area (Å²) in [6.45, 7) is 3.02. The van der Waals surface area contributed by atoms with Crippen LogP contribution in [0.15, 0.2) is 54.7 Å². The topological polar surface area (TPSA) is 36.1 Å². The van der Waals surface area contributed by atoms with Crippen LogP contribution in [0, 0.1) is 0 Å². The average molecular weight is 361 g/mol. The minimum atomic E-state index is 0.298. The maximum Gasteiger partial charge on any atom is 0.223 e. The molecule has 0 radical (unpaired) electrons. The summed E-state index contributed by atoms with van der Waals surface area (Å²) in [7, 11) is 0. The van der Waals surface area contributed by atoms with Gasteiger partial charge in [-0.25, -0.2) is 0 Å². The molecule has 27 heavy (non-hydrogen) atoms. The van der Waals surface area contributed by atoms with Gasteiger partial charge < -0.3 is 9.88 Å². The molecule has 1 aliphatic rings. The van der Waals surface area contributed by atoms with Gasteiger partial charge in [-0.1, -0.05) is 49.4 Å². The molecular formula is C24H28N2O. The van der Waals surface area contributed by atoms with Crippen LogP contribution >= 0.6 is 0 Å². The minimum Gasteiger partial charge on any atom is -0.361 e. The second-order valence-corrected chi connectivity index (χ2v) is 7.61. The Balaban J connectivity index is 1.45. The number of rotatable bonds is 6. The molecule has 1 aliphatic carbocycles. The first-order chi connectivity index (χ1) is 13.3. The number of nitrogens with zero attached hydrogens (tertiary/aromatic N) is 1. The predicted molar refractivity (Wildman–Crippen MR) is 111 cm³/mol. The van der Waals surface area contributed by atoms with Crippen LogP contribution in [0.3, 0.4) is 0 Å². The summed E-state index contributed by atoms with van der Waals surface area (Å²) in [5, 5.41) is 1.24. The molecule has 2 aromatic carbocycles. The molecule has 0 spiro atoms. The third-order valence-electron chi connectivity index (χ3n) is 5.83. The van der Waals surface area contributed by atoms with Gasteiger partial charge in [-0.05, 0) is 54.9 Å². The van der Waals surface area contributed by atoms with Crippen LogP contribution in [0.1, 0.15) is 42.9 Å². The number of aromatic nitrogens is 1. The molecular weight excluding hydrogens is 332 g/mol. The Morgan fingerprint density at radius 2 is 1.89 bits per heavy atom. The summed E-state index contributed by atoms with van der Waals surface area (Å²) in [5.74, 6) is 0.298. The van der Waals surface area contributed by atoms with Gasteiger partial charge in [0.15, 0.2) is 0 Å². The maximum absolute atomic E-state index is 13.1. The van der Waals surface area contributed by atoms with E-state index in [2.05, 4.69) is 65.5 Å². The number of carbonyl (C=O) groups is 1. The van der Waals surface area contributed by atoms with Gasteiger partial charge in [-0.15, -0.1) is 0 Å². The van der Waals surface area contributed by atoms with Crippen molar-refractivity contribution in [2.45, 2.75) is 51.5 Å². The standard InChI is InChI=1S/C24H28N2O/c1-2-15-26(21-13-11-18-7-3-4-8-19(18)16-21)24(27)14-12-20-17-25-23-10-6-5-9-22(20)23/h3-10,17,21,25H,2,11-16H2,1H3/t21-/m1/s1. The lowest BCUT2D eigenvalue weighted by molar-refractivity contribution is -0.133. The third kappa shape index (κ3) is 3.78. The zero-order valence-electron chi connectivity index (χ0n) is 16.1. The molecule has 0 aliphatic heterocycles. The number of amides is 1. The Hall–Kier alpha value is -2.55. The number of carbonyl (C=O) groups excluding carboxylic acids is 1. The quantitative estimate of drug-likeness (QED) is 0.667. The predicted octanol–water partition coefficient (Wildman–Crippen LogP) is 4.90. The summed E-state index contributed by atoms with van der Waals surface area (Å²) in [6.07, 6.45) is 7.60. The molecule has 3 aromatic rings. The van der Waals surface area contributed by atoms with Crippen LogP contribution in [0.25, 0.3) is 10.9 Å². The number of hydrogen-bond acceptors (Lipinski definition) is 1. The summed E-state index contributed by atoms with van der Waals surface area (Å²) < 4.78 is 0. The molecule has 0 fully saturated rings. The van der Waals surface area contributed by atoms with E-state index >= 15 is 0 Å². The van der Waals surface area contributed by atoms with Gasteiger partial charge in [0, 0.05) is 36.1 Å². The number of para-hydroxylation sites is 1. The molecule has 0 unspecified atom stereocenters. The minimum absolute atomic E-state index is 0.298. The first-order valence-electron chi connectivity index (χ1n) is 10.2. The fraction of sp³-hybridized carbons (Fsp3) is 0.375. The number of H-pyrrole nitrogens is 1. The van der Waals surface area contributed by atoms with Gasteiger partial charge in [0.25, 0.3) is 0 Å². The number of aryl methyl sites for hydroxylation is 2. The molecule has 3 heteroatoms. The van der Waals surface area contributed by atoms with Gasteiger partial charge in [-0.3, -0.25) is 4.79 Å². The van der Waals surface area contributed by atoms with Crippen LogP contribution in [-0.4, -0.2) is 28.4 Å². The summed E-state index contributed by atoms with van der Waals surface area (Å²) in [5.41, 5.74) is 5.26. The van der Waals surface area contributed by atoms with E-state index in [4.69, 9.17) is 0 Å². The lowest BCUT2D eigenvalue weighted by Crippen LogP contribution is -2.44. The Labute approximate surface area is 161 Å². The van der Waals surface area contributed by atoms with E-state index in [0.717, 1.165) is 44.2 Å². The van der Waals surface area contributed by atoms with E-state index in [-0.39, 0.29) is 0 Å². The van der Waals surface area contributed by atoms with Gasteiger partial charge in [0.1, 0.15) is 0 Å². The number of nitrogens with one attached hydrogen (secondary N) is 1. The van der Waals surface area contributed by atoms with E-state index < -0.39 is 0 Å². The molecule has 0 saturated heterocycles. The lowest BCUT2D eigenvalue weighted by Gasteiger charge is -2.35. The van der Waals surface area contributed by atoms with E-state index in [1.807, 2.05) is 6.07 Å². The van der Waals surface area contributed by atoms with Crippen LogP contribution in [0.5, 0.6) is 0 Å². The lowest BCUT2D eigenvalue weighted by atomic mass is 9.87.